The van der Waals surface area contributed by atoms with E-state index in [0.29, 0.717) is 5.56 Å². The standard InChI is InChI=1S/C10H8N2O2/c13-8-6-11-12-9(8)10(14)7-4-2-1-3-5-7/h1-5,14H,6H2/b10-9-. The topological polar surface area (TPSA) is 62.0 Å². The first-order chi connectivity index (χ1) is 6.79. The van der Waals surface area contributed by atoms with Gasteiger partial charge in [-0.25, -0.2) is 0 Å². The van der Waals surface area contributed by atoms with Crippen LogP contribution in [0.15, 0.2) is 46.3 Å². The molecule has 1 N–H and O–H groups in total. The highest BCUT2D eigenvalue weighted by molar-refractivity contribution is 6.03. The number of hydrogen-bond acceptors (Lipinski definition) is 4. The van der Waals surface area contributed by atoms with Crippen LogP contribution in [0.4, 0.5) is 0 Å². The molecule has 1 aromatic carbocycles. The first-order valence-corrected chi connectivity index (χ1v) is 4.18. The van der Waals surface area contributed by atoms with Gasteiger partial charge in [0.15, 0.2) is 11.5 Å². The minimum atomic E-state index is -0.244. The Kier molecular flexibility index (Phi) is 2.10. The van der Waals surface area contributed by atoms with Gasteiger partial charge in [0.25, 0.3) is 0 Å². The zero-order valence-corrected chi connectivity index (χ0v) is 7.34. The van der Waals surface area contributed by atoms with Crippen LogP contribution >= 0.6 is 0 Å². The average molecular weight is 188 g/mol. The molecule has 0 bridgehead atoms. The minimum absolute atomic E-state index is 0.0340. The van der Waals surface area contributed by atoms with Crippen molar-refractivity contribution in [2.75, 3.05) is 6.54 Å². The predicted octanol–water partition coefficient (Wildman–Crippen LogP) is 1.95. The van der Waals surface area contributed by atoms with Crippen molar-refractivity contribution in [1.82, 2.24) is 0 Å². The van der Waals surface area contributed by atoms with E-state index in [1.807, 2.05) is 6.07 Å². The molecule has 70 valence electrons. The third kappa shape index (κ3) is 1.42. The fraction of sp³-hybridized carbons (Fsp3) is 0.100. The normalized spacial score (nSPS) is 18.7. The molecule has 14 heavy (non-hydrogen) atoms. The van der Waals surface area contributed by atoms with Gasteiger partial charge in [0.1, 0.15) is 6.54 Å². The average Bonchev–Trinajstić information content (AvgIpc) is 2.65. The maximum absolute atomic E-state index is 11.2. The highest BCUT2D eigenvalue weighted by atomic mass is 16.3. The van der Waals surface area contributed by atoms with Gasteiger partial charge >= 0.3 is 0 Å². The fourth-order valence-electron chi connectivity index (χ4n) is 1.21. The largest absolute Gasteiger partial charge is 0.505 e. The summed E-state index contributed by atoms with van der Waals surface area (Å²) in [5.74, 6) is -0.344. The van der Waals surface area contributed by atoms with E-state index in [1.165, 1.54) is 0 Å². The molecule has 0 saturated heterocycles. The van der Waals surface area contributed by atoms with Crippen molar-refractivity contribution in [3.63, 3.8) is 0 Å². The van der Waals surface area contributed by atoms with E-state index in [0.717, 1.165) is 0 Å². The molecule has 0 unspecified atom stereocenters. The van der Waals surface area contributed by atoms with Crippen LogP contribution < -0.4 is 0 Å². The molecule has 2 rings (SSSR count). The lowest BCUT2D eigenvalue weighted by Crippen LogP contribution is -2.01. The van der Waals surface area contributed by atoms with E-state index in [4.69, 9.17) is 0 Å². The second kappa shape index (κ2) is 3.41. The number of carbonyl (C=O) groups excluding carboxylic acids is 1. The second-order valence-electron chi connectivity index (χ2n) is 2.89. The van der Waals surface area contributed by atoms with Gasteiger partial charge < -0.3 is 5.11 Å². The maximum atomic E-state index is 11.2. The smallest absolute Gasteiger partial charge is 0.210 e. The van der Waals surface area contributed by atoms with E-state index in [2.05, 4.69) is 10.2 Å². The summed E-state index contributed by atoms with van der Waals surface area (Å²) < 4.78 is 0. The van der Waals surface area contributed by atoms with E-state index in [9.17, 15) is 9.90 Å². The van der Waals surface area contributed by atoms with Gasteiger partial charge in [0, 0.05) is 5.56 Å². The van der Waals surface area contributed by atoms with Crippen LogP contribution in [0.25, 0.3) is 5.76 Å². The minimum Gasteiger partial charge on any atom is -0.505 e. The zero-order valence-electron chi connectivity index (χ0n) is 7.34. The lowest BCUT2D eigenvalue weighted by Gasteiger charge is -1.99. The van der Waals surface area contributed by atoms with Gasteiger partial charge in [0.05, 0.1) is 0 Å². The quantitative estimate of drug-likeness (QED) is 0.540. The van der Waals surface area contributed by atoms with Gasteiger partial charge in [-0.1, -0.05) is 30.3 Å². The number of aliphatic hydroxyl groups excluding tert-OH is 1. The van der Waals surface area contributed by atoms with Crippen molar-refractivity contribution in [3.05, 3.63) is 41.6 Å². The summed E-state index contributed by atoms with van der Waals surface area (Å²) in [5.41, 5.74) is 0.632. The molecule has 0 amide bonds. The summed E-state index contributed by atoms with van der Waals surface area (Å²) in [6.45, 7) is 0.0340. The Balaban J connectivity index is 2.45. The summed E-state index contributed by atoms with van der Waals surface area (Å²) in [4.78, 5) is 11.2. The number of Topliss-reactive ketones (excluding diaryl/α,β-unsaturated/α-hetero) is 1. The van der Waals surface area contributed by atoms with Gasteiger partial charge in [-0.3, -0.25) is 4.79 Å². The number of carbonyl (C=O) groups is 1. The van der Waals surface area contributed by atoms with E-state index in [1.54, 1.807) is 24.3 Å². The third-order valence-corrected chi connectivity index (χ3v) is 1.92. The van der Waals surface area contributed by atoms with E-state index < -0.39 is 0 Å². The lowest BCUT2D eigenvalue weighted by atomic mass is 10.1. The monoisotopic (exact) mass is 188 g/mol. The number of aliphatic hydroxyl groups is 1. The summed E-state index contributed by atoms with van der Waals surface area (Å²) >= 11 is 0. The summed E-state index contributed by atoms with van der Waals surface area (Å²) in [7, 11) is 0. The van der Waals surface area contributed by atoms with Crippen LogP contribution in [0.2, 0.25) is 0 Å². The molecule has 1 aromatic rings. The van der Waals surface area contributed by atoms with Gasteiger partial charge in [-0.05, 0) is 0 Å². The Morgan fingerprint density at radius 2 is 2.00 bits per heavy atom. The number of rotatable bonds is 1. The van der Waals surface area contributed by atoms with Crippen LogP contribution in [-0.2, 0) is 4.79 Å². The number of ketones is 1. The maximum Gasteiger partial charge on any atom is 0.210 e. The Morgan fingerprint density at radius 3 is 2.57 bits per heavy atom. The summed E-state index contributed by atoms with van der Waals surface area (Å²) in [6.07, 6.45) is 0. The molecule has 0 aromatic heterocycles. The zero-order chi connectivity index (χ0) is 9.97. The van der Waals surface area contributed by atoms with Crippen LogP contribution in [0.3, 0.4) is 0 Å². The number of nitrogens with zero attached hydrogens (tertiary/aromatic N) is 2. The van der Waals surface area contributed by atoms with Crippen molar-refractivity contribution < 1.29 is 9.90 Å². The Labute approximate surface area is 80.6 Å². The lowest BCUT2D eigenvalue weighted by molar-refractivity contribution is -0.113. The number of azo groups is 1. The molecule has 0 radical (unpaired) electrons. The van der Waals surface area contributed by atoms with Gasteiger partial charge in [0.2, 0.25) is 5.78 Å². The number of benzene rings is 1. The van der Waals surface area contributed by atoms with Crippen molar-refractivity contribution >= 4 is 11.5 Å². The highest BCUT2D eigenvalue weighted by Crippen LogP contribution is 2.20. The van der Waals surface area contributed by atoms with E-state index >= 15 is 0 Å². The Hall–Kier alpha value is -1.97. The Bertz CT molecular complexity index is 421. The summed E-state index contributed by atoms with van der Waals surface area (Å²) in [6, 6.07) is 8.82. The van der Waals surface area contributed by atoms with Crippen molar-refractivity contribution in [2.24, 2.45) is 10.2 Å². The SMILES string of the molecule is O=C1CN=N/C1=C(\O)c1ccccc1. The first-order valence-electron chi connectivity index (χ1n) is 4.18. The molecule has 0 saturated carbocycles. The molecular formula is C10H8N2O2. The van der Waals surface area contributed by atoms with Crippen molar-refractivity contribution in [2.45, 2.75) is 0 Å². The van der Waals surface area contributed by atoms with Crippen LogP contribution in [0, 0.1) is 0 Å². The molecule has 0 aliphatic carbocycles. The van der Waals surface area contributed by atoms with Crippen molar-refractivity contribution in [3.8, 4) is 0 Å². The molecule has 0 spiro atoms. The van der Waals surface area contributed by atoms with Gasteiger partial charge in [-0.2, -0.15) is 5.11 Å². The van der Waals surface area contributed by atoms with Crippen LogP contribution in [0.1, 0.15) is 5.56 Å². The molecule has 1 aliphatic rings. The van der Waals surface area contributed by atoms with Crippen LogP contribution in [-0.4, -0.2) is 17.4 Å². The molecule has 4 nitrogen and oxygen atoms in total. The third-order valence-electron chi connectivity index (χ3n) is 1.92. The second-order valence-corrected chi connectivity index (χ2v) is 2.89. The van der Waals surface area contributed by atoms with Crippen LogP contribution in [0.5, 0.6) is 0 Å². The molecule has 0 fully saturated rings. The molecule has 1 aliphatic heterocycles. The van der Waals surface area contributed by atoms with Gasteiger partial charge in [-0.15, -0.1) is 5.11 Å². The molecule has 0 atom stereocenters. The number of hydrogen-bond donors (Lipinski definition) is 1. The Morgan fingerprint density at radius 1 is 1.29 bits per heavy atom. The van der Waals surface area contributed by atoms with Crippen molar-refractivity contribution in [1.29, 1.82) is 0 Å². The fourth-order valence-corrected chi connectivity index (χ4v) is 1.21. The molecule has 4 heteroatoms. The summed E-state index contributed by atoms with van der Waals surface area (Å²) in [5, 5.41) is 16.8. The first kappa shape index (κ1) is 8.62. The predicted molar refractivity (Wildman–Crippen MR) is 50.7 cm³/mol. The molecular weight excluding hydrogens is 180 g/mol. The highest BCUT2D eigenvalue weighted by Gasteiger charge is 2.20. The van der Waals surface area contributed by atoms with E-state index in [-0.39, 0.29) is 23.8 Å². The molecule has 1 heterocycles.